The first-order chi connectivity index (χ1) is 6.04. The molecule has 1 aliphatic carbocycles. The lowest BCUT2D eigenvalue weighted by Crippen LogP contribution is -2.35. The minimum Gasteiger partial charge on any atom is -0.432 e. The summed E-state index contributed by atoms with van der Waals surface area (Å²) >= 11 is 0. The van der Waals surface area contributed by atoms with Crippen LogP contribution in [0.1, 0.15) is 32.1 Å². The molecule has 0 amide bonds. The Morgan fingerprint density at radius 3 is 2.62 bits per heavy atom. The van der Waals surface area contributed by atoms with Crippen molar-refractivity contribution in [1.82, 2.24) is 0 Å². The summed E-state index contributed by atoms with van der Waals surface area (Å²) < 4.78 is 0. The van der Waals surface area contributed by atoms with Crippen LogP contribution in [-0.2, 0) is 0 Å². The molecule has 2 unspecified atom stereocenters. The fraction of sp³-hybridized carbons (Fsp3) is 1.00. The molecule has 0 aliphatic heterocycles. The minimum atomic E-state index is -1.87. The first-order valence-electron chi connectivity index (χ1n) is 5.46. The van der Waals surface area contributed by atoms with E-state index in [2.05, 4.69) is 13.1 Å². The van der Waals surface area contributed by atoms with Crippen LogP contribution >= 0.6 is 0 Å². The third-order valence-electron chi connectivity index (χ3n) is 3.36. The van der Waals surface area contributed by atoms with Crippen molar-refractivity contribution in [3.8, 4) is 0 Å². The Morgan fingerprint density at radius 1 is 1.38 bits per heavy atom. The van der Waals surface area contributed by atoms with Gasteiger partial charge in [0.2, 0.25) is 0 Å². The summed E-state index contributed by atoms with van der Waals surface area (Å²) in [7, 11) is -1.87. The fourth-order valence-electron chi connectivity index (χ4n) is 2.43. The summed E-state index contributed by atoms with van der Waals surface area (Å²) in [6.45, 7) is 4.95. The van der Waals surface area contributed by atoms with Crippen molar-refractivity contribution >= 4 is 8.32 Å². The lowest BCUT2D eigenvalue weighted by Gasteiger charge is -2.34. The molecule has 1 rings (SSSR count). The van der Waals surface area contributed by atoms with Crippen LogP contribution in [0.4, 0.5) is 0 Å². The first kappa shape index (κ1) is 11.2. The van der Waals surface area contributed by atoms with Gasteiger partial charge in [-0.05, 0) is 43.9 Å². The van der Waals surface area contributed by atoms with Crippen molar-refractivity contribution in [2.75, 3.05) is 6.54 Å². The van der Waals surface area contributed by atoms with Gasteiger partial charge in [-0.3, -0.25) is 0 Å². The van der Waals surface area contributed by atoms with E-state index >= 15 is 0 Å². The molecule has 0 spiro atoms. The van der Waals surface area contributed by atoms with E-state index in [-0.39, 0.29) is 0 Å². The van der Waals surface area contributed by atoms with E-state index in [1.54, 1.807) is 0 Å². The molecule has 2 atom stereocenters. The number of hydrogen-bond acceptors (Lipinski definition) is 2. The molecule has 1 aliphatic rings. The Hall–Kier alpha value is 0.137. The molecule has 0 aromatic heterocycles. The van der Waals surface area contributed by atoms with E-state index in [0.29, 0.717) is 5.54 Å². The van der Waals surface area contributed by atoms with Crippen LogP contribution in [0.2, 0.25) is 18.6 Å². The number of hydrogen-bond donors (Lipinski definition) is 2. The maximum absolute atomic E-state index is 10.0. The lowest BCUT2D eigenvalue weighted by molar-refractivity contribution is 0.321. The second-order valence-corrected chi connectivity index (χ2v) is 9.08. The van der Waals surface area contributed by atoms with E-state index in [9.17, 15) is 4.80 Å². The van der Waals surface area contributed by atoms with Gasteiger partial charge in [-0.25, -0.2) is 0 Å². The smallest absolute Gasteiger partial charge is 0.185 e. The van der Waals surface area contributed by atoms with Crippen molar-refractivity contribution in [2.24, 2.45) is 11.7 Å². The molecule has 3 N–H and O–H groups in total. The van der Waals surface area contributed by atoms with E-state index in [0.717, 1.165) is 18.9 Å². The summed E-state index contributed by atoms with van der Waals surface area (Å²) in [5.74, 6) is 0.794. The highest BCUT2D eigenvalue weighted by Crippen LogP contribution is 2.39. The van der Waals surface area contributed by atoms with Gasteiger partial charge < -0.3 is 10.5 Å². The van der Waals surface area contributed by atoms with Gasteiger partial charge in [-0.2, -0.15) is 0 Å². The van der Waals surface area contributed by atoms with Crippen LogP contribution in [0.3, 0.4) is 0 Å². The Bertz CT molecular complexity index is 153. The highest BCUT2D eigenvalue weighted by molar-refractivity contribution is 6.71. The largest absolute Gasteiger partial charge is 0.432 e. The number of nitrogens with two attached hydrogens (primary N) is 1. The summed E-state index contributed by atoms with van der Waals surface area (Å²) in [4.78, 5) is 10.0. The van der Waals surface area contributed by atoms with Gasteiger partial charge in [-0.15, -0.1) is 0 Å². The van der Waals surface area contributed by atoms with Gasteiger partial charge in [0.25, 0.3) is 0 Å². The molecule has 78 valence electrons. The maximum Gasteiger partial charge on any atom is 0.185 e. The maximum atomic E-state index is 10.0. The summed E-state index contributed by atoms with van der Waals surface area (Å²) in [6, 6.07) is 0. The zero-order valence-corrected chi connectivity index (χ0v) is 9.92. The first-order valence-corrected chi connectivity index (χ1v) is 8.49. The second-order valence-electron chi connectivity index (χ2n) is 4.96. The average molecular weight is 201 g/mol. The summed E-state index contributed by atoms with van der Waals surface area (Å²) in [6.07, 6.45) is 6.26. The Kier molecular flexibility index (Phi) is 3.95. The molecule has 3 heteroatoms. The predicted molar refractivity (Wildman–Crippen MR) is 59.1 cm³/mol. The van der Waals surface area contributed by atoms with Crippen LogP contribution in [0.25, 0.3) is 0 Å². The van der Waals surface area contributed by atoms with E-state index < -0.39 is 8.32 Å². The highest BCUT2D eigenvalue weighted by Gasteiger charge is 2.33. The van der Waals surface area contributed by atoms with Gasteiger partial charge in [0.1, 0.15) is 0 Å². The second kappa shape index (κ2) is 4.58. The average Bonchev–Trinajstić information content (AvgIpc) is 2.04. The molecule has 1 saturated carbocycles. The molecular weight excluding hydrogens is 178 g/mol. The third-order valence-corrected chi connectivity index (χ3v) is 5.88. The normalized spacial score (nSPS) is 30.5. The molecule has 2 nitrogen and oxygen atoms in total. The van der Waals surface area contributed by atoms with Crippen molar-refractivity contribution in [3.05, 3.63) is 0 Å². The van der Waals surface area contributed by atoms with Crippen molar-refractivity contribution in [1.29, 1.82) is 0 Å². The molecule has 1 fully saturated rings. The zero-order chi connectivity index (χ0) is 9.90. The third kappa shape index (κ3) is 3.41. The molecule has 13 heavy (non-hydrogen) atoms. The number of rotatable bonds is 3. The van der Waals surface area contributed by atoms with Crippen molar-refractivity contribution in [3.63, 3.8) is 0 Å². The van der Waals surface area contributed by atoms with Crippen LogP contribution in [-0.4, -0.2) is 19.7 Å². The van der Waals surface area contributed by atoms with Gasteiger partial charge >= 0.3 is 0 Å². The molecule has 0 saturated heterocycles. The SMILES string of the molecule is C[Si](C)(O)C1CCCC(CCN)C1. The highest BCUT2D eigenvalue weighted by atomic mass is 28.4. The quantitative estimate of drug-likeness (QED) is 0.687. The van der Waals surface area contributed by atoms with Crippen LogP contribution < -0.4 is 5.73 Å². The monoisotopic (exact) mass is 201 g/mol. The molecule has 0 radical (unpaired) electrons. The van der Waals surface area contributed by atoms with Gasteiger partial charge in [0, 0.05) is 0 Å². The molecular formula is C10H23NOSi. The fourth-order valence-corrected chi connectivity index (χ4v) is 4.25. The van der Waals surface area contributed by atoms with Crippen molar-refractivity contribution < 1.29 is 4.80 Å². The topological polar surface area (TPSA) is 46.2 Å². The summed E-state index contributed by atoms with van der Waals surface area (Å²) in [5, 5.41) is 0. The Labute approximate surface area is 82.7 Å². The van der Waals surface area contributed by atoms with Crippen LogP contribution in [0.15, 0.2) is 0 Å². The van der Waals surface area contributed by atoms with Gasteiger partial charge in [-0.1, -0.05) is 19.3 Å². The molecule has 0 bridgehead atoms. The van der Waals surface area contributed by atoms with Crippen LogP contribution in [0.5, 0.6) is 0 Å². The standard InChI is InChI=1S/C10H23NOSi/c1-13(2,12)10-5-3-4-9(8-10)6-7-11/h9-10,12H,3-8,11H2,1-2H3. The molecule has 0 aromatic carbocycles. The van der Waals surface area contributed by atoms with Crippen LogP contribution in [0, 0.1) is 5.92 Å². The summed E-state index contributed by atoms with van der Waals surface area (Å²) in [5.41, 5.74) is 6.19. The zero-order valence-electron chi connectivity index (χ0n) is 8.92. The van der Waals surface area contributed by atoms with Crippen molar-refractivity contribution in [2.45, 2.75) is 50.7 Å². The minimum absolute atomic E-state index is 0.623. The Morgan fingerprint density at radius 2 is 2.08 bits per heavy atom. The van der Waals surface area contributed by atoms with E-state index in [1.165, 1.54) is 25.7 Å². The lowest BCUT2D eigenvalue weighted by atomic mass is 9.86. The predicted octanol–water partition coefficient (Wildman–Crippen LogP) is 2.09. The Balaban J connectivity index is 2.42. The van der Waals surface area contributed by atoms with Gasteiger partial charge in [0.15, 0.2) is 8.32 Å². The van der Waals surface area contributed by atoms with Gasteiger partial charge in [0.05, 0.1) is 0 Å². The van der Waals surface area contributed by atoms with E-state index in [4.69, 9.17) is 5.73 Å². The molecule has 0 heterocycles. The van der Waals surface area contributed by atoms with E-state index in [1.807, 2.05) is 0 Å². The molecule has 0 aromatic rings.